The van der Waals surface area contributed by atoms with Crippen molar-refractivity contribution in [2.75, 3.05) is 17.2 Å². The maximum atomic E-state index is 11.7. The van der Waals surface area contributed by atoms with Gasteiger partial charge in [-0.3, -0.25) is 14.9 Å². The number of rotatable bonds is 2. The highest BCUT2D eigenvalue weighted by molar-refractivity contribution is 6.28. The molecule has 1 aromatic heterocycles. The third-order valence-electron chi connectivity index (χ3n) is 2.68. The minimum Gasteiger partial charge on any atom is -0.394 e. The summed E-state index contributed by atoms with van der Waals surface area (Å²) in [5.41, 5.74) is 6.04. The Kier molecular flexibility index (Phi) is 3.33. The molecule has 18 heavy (non-hydrogen) atoms. The van der Waals surface area contributed by atoms with E-state index in [0.29, 0.717) is 12.2 Å². The van der Waals surface area contributed by atoms with E-state index < -0.39 is 6.04 Å². The number of amides is 2. The van der Waals surface area contributed by atoms with Crippen molar-refractivity contribution in [1.29, 1.82) is 0 Å². The van der Waals surface area contributed by atoms with Crippen molar-refractivity contribution in [2.24, 2.45) is 0 Å². The van der Waals surface area contributed by atoms with Crippen LogP contribution in [0.4, 0.5) is 11.5 Å². The number of anilines is 2. The second-order valence-electron chi connectivity index (χ2n) is 3.88. The number of nitrogens with one attached hydrogen (secondary N) is 1. The van der Waals surface area contributed by atoms with Gasteiger partial charge in [0.25, 0.3) is 0 Å². The Hall–Kier alpha value is -1.89. The van der Waals surface area contributed by atoms with Gasteiger partial charge in [-0.05, 0) is 18.0 Å². The third-order valence-corrected chi connectivity index (χ3v) is 2.86. The molecule has 1 aliphatic rings. The topological polar surface area (TPSA) is 101 Å². The maximum absolute atomic E-state index is 11.7. The van der Waals surface area contributed by atoms with Crippen LogP contribution >= 0.6 is 11.6 Å². The Morgan fingerprint density at radius 1 is 1.61 bits per heavy atom. The molecule has 8 heteroatoms. The van der Waals surface area contributed by atoms with Gasteiger partial charge in [0.1, 0.15) is 6.04 Å². The van der Waals surface area contributed by atoms with E-state index >= 15 is 0 Å². The number of nitrogen functional groups attached to an aromatic ring is 1. The highest BCUT2D eigenvalue weighted by atomic mass is 35.5. The van der Waals surface area contributed by atoms with Crippen LogP contribution < -0.4 is 16.0 Å². The summed E-state index contributed by atoms with van der Waals surface area (Å²) in [4.78, 5) is 32.4. The van der Waals surface area contributed by atoms with Gasteiger partial charge in [-0.25, -0.2) is 4.98 Å². The average Bonchev–Trinajstić information content (AvgIpc) is 2.31. The number of nitrogens with zero attached hydrogens (tertiary/aromatic N) is 3. The van der Waals surface area contributed by atoms with E-state index in [4.69, 9.17) is 17.3 Å². The van der Waals surface area contributed by atoms with Crippen molar-refractivity contribution in [3.63, 3.8) is 0 Å². The quantitative estimate of drug-likeness (QED) is 0.577. The molecule has 7 nitrogen and oxygen atoms in total. The number of hydrogen-bond acceptors (Lipinski definition) is 6. The lowest BCUT2D eigenvalue weighted by atomic mass is 10.1. The van der Waals surface area contributed by atoms with Gasteiger partial charge in [-0.15, -0.1) is 0 Å². The molecule has 0 spiro atoms. The van der Waals surface area contributed by atoms with E-state index in [1.165, 1.54) is 6.20 Å². The minimum atomic E-state index is -0.490. The monoisotopic (exact) mass is 269 g/mol. The Morgan fingerprint density at radius 2 is 2.33 bits per heavy atom. The van der Waals surface area contributed by atoms with E-state index in [2.05, 4.69) is 15.3 Å². The van der Waals surface area contributed by atoms with Gasteiger partial charge >= 0.3 is 0 Å². The Balaban J connectivity index is 2.42. The van der Waals surface area contributed by atoms with Crippen LogP contribution in [0, 0.1) is 0 Å². The molecule has 3 N–H and O–H groups in total. The van der Waals surface area contributed by atoms with E-state index in [1.54, 1.807) is 4.90 Å². The normalized spacial score (nSPS) is 19.9. The average molecular weight is 270 g/mol. The number of aromatic nitrogens is 2. The predicted octanol–water partition coefficient (Wildman–Crippen LogP) is -0.0464. The van der Waals surface area contributed by atoms with Crippen molar-refractivity contribution >= 4 is 34.9 Å². The van der Waals surface area contributed by atoms with Crippen molar-refractivity contribution in [2.45, 2.75) is 19.4 Å². The summed E-state index contributed by atoms with van der Waals surface area (Å²) < 4.78 is 0. The zero-order chi connectivity index (χ0) is 13.3. The third kappa shape index (κ3) is 2.21. The fourth-order valence-electron chi connectivity index (χ4n) is 1.89. The summed E-state index contributed by atoms with van der Waals surface area (Å²) in [6, 6.07) is -0.490. The van der Waals surface area contributed by atoms with Crippen LogP contribution in [0.15, 0.2) is 6.20 Å². The molecule has 1 fully saturated rings. The number of carbonyl (C=O) groups is 2. The maximum Gasteiger partial charge on any atom is 0.249 e. The van der Waals surface area contributed by atoms with E-state index in [0.717, 1.165) is 0 Å². The van der Waals surface area contributed by atoms with E-state index in [1.807, 2.05) is 6.92 Å². The Labute approximate surface area is 108 Å². The first-order valence-corrected chi connectivity index (χ1v) is 5.79. The van der Waals surface area contributed by atoms with Gasteiger partial charge in [-0.2, -0.15) is 4.98 Å². The summed E-state index contributed by atoms with van der Waals surface area (Å²) >= 11 is 5.71. The number of halogens is 1. The lowest BCUT2D eigenvalue weighted by Gasteiger charge is -2.34. The number of nitrogens with two attached hydrogens (primary N) is 1. The minimum absolute atomic E-state index is 0.0157. The molecule has 2 rings (SSSR count). The molecule has 1 unspecified atom stereocenters. The standard InChI is InChI=1S/C10H12ClN5O2/c1-2-6-9(18)14-7(17)4-16(6)8-5(12)3-13-10(11)15-8/h3,6H,2,4,12H2,1H3,(H,14,17,18). The summed E-state index contributed by atoms with van der Waals surface area (Å²) in [7, 11) is 0. The number of hydrogen-bond donors (Lipinski definition) is 2. The molecule has 96 valence electrons. The van der Waals surface area contributed by atoms with Crippen LogP contribution in [-0.2, 0) is 9.59 Å². The lowest BCUT2D eigenvalue weighted by molar-refractivity contribution is -0.132. The summed E-state index contributed by atoms with van der Waals surface area (Å²) in [5.74, 6) is -0.438. The number of imide groups is 1. The number of piperazine rings is 1. The molecule has 2 amide bonds. The smallest absolute Gasteiger partial charge is 0.249 e. The highest BCUT2D eigenvalue weighted by Gasteiger charge is 2.34. The molecule has 1 atom stereocenters. The summed E-state index contributed by atoms with van der Waals surface area (Å²) in [6.45, 7) is 1.85. The second-order valence-corrected chi connectivity index (χ2v) is 4.22. The summed E-state index contributed by atoms with van der Waals surface area (Å²) in [6.07, 6.45) is 1.88. The number of carbonyl (C=O) groups excluding carboxylic acids is 2. The van der Waals surface area contributed by atoms with Crippen molar-refractivity contribution in [3.8, 4) is 0 Å². The molecule has 1 aromatic rings. The zero-order valence-corrected chi connectivity index (χ0v) is 10.4. The molecular formula is C10H12ClN5O2. The Morgan fingerprint density at radius 3 is 3.00 bits per heavy atom. The molecule has 0 aromatic carbocycles. The van der Waals surface area contributed by atoms with Crippen molar-refractivity contribution in [1.82, 2.24) is 15.3 Å². The largest absolute Gasteiger partial charge is 0.394 e. The first-order valence-electron chi connectivity index (χ1n) is 5.41. The van der Waals surface area contributed by atoms with E-state index in [-0.39, 0.29) is 29.3 Å². The molecule has 1 aliphatic heterocycles. The Bertz CT molecular complexity index is 507. The van der Waals surface area contributed by atoms with E-state index in [9.17, 15) is 9.59 Å². The van der Waals surface area contributed by atoms with Gasteiger partial charge < -0.3 is 10.6 Å². The van der Waals surface area contributed by atoms with Gasteiger partial charge in [0.2, 0.25) is 17.1 Å². The van der Waals surface area contributed by atoms with Crippen LogP contribution in [0.25, 0.3) is 0 Å². The first-order chi connectivity index (χ1) is 8.52. The fraction of sp³-hybridized carbons (Fsp3) is 0.400. The lowest BCUT2D eigenvalue weighted by Crippen LogP contribution is -2.58. The molecule has 0 saturated carbocycles. The molecule has 0 bridgehead atoms. The van der Waals surface area contributed by atoms with Gasteiger partial charge in [-0.1, -0.05) is 6.92 Å². The van der Waals surface area contributed by atoms with Crippen LogP contribution in [-0.4, -0.2) is 34.4 Å². The van der Waals surface area contributed by atoms with Crippen molar-refractivity contribution in [3.05, 3.63) is 11.5 Å². The van der Waals surface area contributed by atoms with Gasteiger partial charge in [0, 0.05) is 0 Å². The summed E-state index contributed by atoms with van der Waals surface area (Å²) in [5, 5.41) is 2.30. The van der Waals surface area contributed by atoms with Crippen LogP contribution in [0.5, 0.6) is 0 Å². The predicted molar refractivity (Wildman–Crippen MR) is 66.0 cm³/mol. The zero-order valence-electron chi connectivity index (χ0n) is 9.68. The molecular weight excluding hydrogens is 258 g/mol. The molecule has 0 radical (unpaired) electrons. The van der Waals surface area contributed by atoms with Crippen LogP contribution in [0.2, 0.25) is 5.28 Å². The van der Waals surface area contributed by atoms with Gasteiger partial charge in [0.05, 0.1) is 18.4 Å². The van der Waals surface area contributed by atoms with Crippen LogP contribution in [0.1, 0.15) is 13.3 Å². The molecule has 1 saturated heterocycles. The SMILES string of the molecule is CCC1C(=O)NC(=O)CN1c1nc(Cl)ncc1N. The fourth-order valence-corrected chi connectivity index (χ4v) is 2.02. The van der Waals surface area contributed by atoms with Crippen LogP contribution in [0.3, 0.4) is 0 Å². The second kappa shape index (κ2) is 4.77. The van der Waals surface area contributed by atoms with Crippen molar-refractivity contribution < 1.29 is 9.59 Å². The van der Waals surface area contributed by atoms with Gasteiger partial charge in [0.15, 0.2) is 5.82 Å². The first kappa shape index (κ1) is 12.6. The highest BCUT2D eigenvalue weighted by Crippen LogP contribution is 2.25. The molecule has 0 aliphatic carbocycles. The molecule has 2 heterocycles.